The second kappa shape index (κ2) is 6.50. The van der Waals surface area contributed by atoms with Crippen molar-refractivity contribution >= 4 is 28.0 Å². The number of nitrogens with one attached hydrogen (secondary N) is 1. The molecule has 4 rings (SSSR count). The highest BCUT2D eigenvalue weighted by Gasteiger charge is 2.31. The zero-order valence-electron chi connectivity index (χ0n) is 16.0. The Kier molecular flexibility index (Phi) is 4.31. The molecule has 0 aliphatic carbocycles. The van der Waals surface area contributed by atoms with Gasteiger partial charge in [-0.3, -0.25) is 0 Å². The Morgan fingerprint density at radius 2 is 2.04 bits per heavy atom. The molecule has 0 bridgehead atoms. The molecule has 1 N–H and O–H groups in total. The van der Waals surface area contributed by atoms with Crippen LogP contribution < -0.4 is 5.32 Å². The van der Waals surface area contributed by atoms with Gasteiger partial charge in [-0.15, -0.1) is 0 Å². The van der Waals surface area contributed by atoms with Crippen LogP contribution in [0.4, 0.5) is 5.82 Å². The molecule has 1 aliphatic heterocycles. The predicted octanol–water partition coefficient (Wildman–Crippen LogP) is 4.53. The van der Waals surface area contributed by atoms with Crippen LogP contribution in [0, 0.1) is 6.92 Å². The summed E-state index contributed by atoms with van der Waals surface area (Å²) in [6.07, 6.45) is 5.93. The predicted molar refractivity (Wildman–Crippen MR) is 102 cm³/mol. The zero-order chi connectivity index (χ0) is 18.3. The molecule has 3 aromatic rings. The molecule has 1 aliphatic rings. The van der Waals surface area contributed by atoms with Crippen molar-refractivity contribution in [2.24, 2.45) is 0 Å². The summed E-state index contributed by atoms with van der Waals surface area (Å²) >= 11 is 0. The van der Waals surface area contributed by atoms with Crippen LogP contribution >= 0.6 is 0 Å². The fourth-order valence-electron chi connectivity index (χ4n) is 3.68. The number of aryl methyl sites for hydroxylation is 1. The molecule has 0 atom stereocenters. The van der Waals surface area contributed by atoms with Crippen molar-refractivity contribution in [2.75, 3.05) is 11.9 Å². The van der Waals surface area contributed by atoms with Gasteiger partial charge in [0.1, 0.15) is 11.8 Å². The van der Waals surface area contributed by atoms with E-state index in [1.165, 1.54) is 18.4 Å². The van der Waals surface area contributed by atoms with Crippen LogP contribution in [0.25, 0.3) is 22.2 Å². The van der Waals surface area contributed by atoms with Gasteiger partial charge in [0, 0.05) is 24.2 Å². The number of unbranched alkanes of at least 4 members (excludes halogenated alkanes) is 2. The van der Waals surface area contributed by atoms with Gasteiger partial charge in [-0.2, -0.15) is 0 Å². The quantitative estimate of drug-likeness (QED) is 0.679. The average Bonchev–Trinajstić information content (AvgIpc) is 2.97. The number of furan rings is 1. The third-order valence-corrected chi connectivity index (χ3v) is 5.11. The van der Waals surface area contributed by atoms with E-state index in [1.54, 1.807) is 6.33 Å². The second-order valence-corrected chi connectivity index (χ2v) is 7.70. The lowest BCUT2D eigenvalue weighted by atomic mass is 9.89. The van der Waals surface area contributed by atoms with E-state index in [0.29, 0.717) is 17.9 Å². The second-order valence-electron chi connectivity index (χ2n) is 7.70. The first kappa shape index (κ1) is 17.2. The monoisotopic (exact) mass is 354 g/mol. The number of ether oxygens (including phenoxy) is 1. The van der Waals surface area contributed by atoms with Crippen LogP contribution in [0.15, 0.2) is 10.7 Å². The van der Waals surface area contributed by atoms with E-state index in [4.69, 9.17) is 9.15 Å². The molecule has 0 saturated carbocycles. The van der Waals surface area contributed by atoms with Crippen LogP contribution in [-0.4, -0.2) is 27.1 Å². The summed E-state index contributed by atoms with van der Waals surface area (Å²) in [6, 6.07) is 0. The minimum Gasteiger partial charge on any atom is -0.432 e. The van der Waals surface area contributed by atoms with Gasteiger partial charge in [-0.1, -0.05) is 19.8 Å². The average molecular weight is 354 g/mol. The fraction of sp³-hybridized carbons (Fsp3) is 0.550. The maximum Gasteiger partial charge on any atom is 0.229 e. The molecule has 0 spiro atoms. The van der Waals surface area contributed by atoms with Crippen LogP contribution in [0.1, 0.15) is 56.9 Å². The first-order valence-corrected chi connectivity index (χ1v) is 9.43. The van der Waals surface area contributed by atoms with Crippen molar-refractivity contribution in [3.8, 4) is 0 Å². The number of hydrogen-bond acceptors (Lipinski definition) is 6. The third-order valence-electron chi connectivity index (χ3n) is 5.11. The Balaban J connectivity index is 1.85. The van der Waals surface area contributed by atoms with Crippen LogP contribution in [0.5, 0.6) is 0 Å². The summed E-state index contributed by atoms with van der Waals surface area (Å²) in [4.78, 5) is 13.6. The number of rotatable bonds is 5. The normalized spacial score (nSPS) is 16.2. The van der Waals surface area contributed by atoms with E-state index in [0.717, 1.165) is 47.4 Å². The maximum atomic E-state index is 6.12. The Labute approximate surface area is 153 Å². The van der Waals surface area contributed by atoms with Gasteiger partial charge in [0.05, 0.1) is 17.6 Å². The summed E-state index contributed by atoms with van der Waals surface area (Å²) in [5.74, 6) is 0.752. The van der Waals surface area contributed by atoms with Gasteiger partial charge in [0.15, 0.2) is 11.4 Å². The summed E-state index contributed by atoms with van der Waals surface area (Å²) in [7, 11) is 0. The SMILES string of the molecule is CCCCCNc1ncnc2c1oc1nc(C)c3c(c12)CC(C)(C)OC3. The lowest BCUT2D eigenvalue weighted by Gasteiger charge is -2.32. The first-order valence-electron chi connectivity index (χ1n) is 9.43. The Hall–Kier alpha value is -2.21. The number of aromatic nitrogens is 3. The molecule has 3 aromatic heterocycles. The van der Waals surface area contributed by atoms with E-state index < -0.39 is 0 Å². The molecular weight excluding hydrogens is 328 g/mol. The van der Waals surface area contributed by atoms with Crippen LogP contribution in [-0.2, 0) is 17.8 Å². The topological polar surface area (TPSA) is 73.1 Å². The highest BCUT2D eigenvalue weighted by Crippen LogP contribution is 2.39. The minimum atomic E-state index is -0.203. The zero-order valence-corrected chi connectivity index (χ0v) is 16.0. The number of fused-ring (bicyclic) bond motifs is 5. The Morgan fingerprint density at radius 3 is 2.85 bits per heavy atom. The van der Waals surface area contributed by atoms with Crippen LogP contribution in [0.2, 0.25) is 0 Å². The van der Waals surface area contributed by atoms with E-state index in [-0.39, 0.29) is 5.60 Å². The molecular formula is C20H26N4O2. The highest BCUT2D eigenvalue weighted by atomic mass is 16.5. The maximum absolute atomic E-state index is 6.12. The van der Waals surface area contributed by atoms with E-state index in [2.05, 4.69) is 41.0 Å². The van der Waals surface area contributed by atoms with Crippen molar-refractivity contribution in [1.82, 2.24) is 15.0 Å². The molecule has 0 radical (unpaired) electrons. The largest absolute Gasteiger partial charge is 0.432 e. The Bertz CT molecular complexity index is 961. The van der Waals surface area contributed by atoms with Crippen LogP contribution in [0.3, 0.4) is 0 Å². The van der Waals surface area contributed by atoms with Gasteiger partial charge in [-0.25, -0.2) is 15.0 Å². The summed E-state index contributed by atoms with van der Waals surface area (Å²) in [6.45, 7) is 9.91. The van der Waals surface area contributed by atoms with Gasteiger partial charge >= 0.3 is 0 Å². The number of hydrogen-bond donors (Lipinski definition) is 1. The lowest BCUT2D eigenvalue weighted by Crippen LogP contribution is -2.32. The van der Waals surface area contributed by atoms with Gasteiger partial charge in [0.25, 0.3) is 0 Å². The van der Waals surface area contributed by atoms with Gasteiger partial charge < -0.3 is 14.5 Å². The summed E-state index contributed by atoms with van der Waals surface area (Å²) in [5, 5.41) is 4.41. The van der Waals surface area contributed by atoms with E-state index in [9.17, 15) is 0 Å². The van der Waals surface area contributed by atoms with Crippen molar-refractivity contribution < 1.29 is 9.15 Å². The number of pyridine rings is 1. The van der Waals surface area contributed by atoms with Crippen molar-refractivity contribution in [3.63, 3.8) is 0 Å². The van der Waals surface area contributed by atoms with E-state index >= 15 is 0 Å². The summed E-state index contributed by atoms with van der Waals surface area (Å²) in [5.41, 5.74) is 5.36. The molecule has 0 saturated heterocycles. The standard InChI is InChI=1S/C20H26N4O2/c1-5-6-7-8-21-18-17-16(22-11-23-18)15-13-9-20(3,4)25-10-14(13)12(2)24-19(15)26-17/h11H,5-10H2,1-4H3,(H,21,22,23). The van der Waals surface area contributed by atoms with E-state index in [1.807, 2.05) is 6.92 Å². The lowest BCUT2D eigenvalue weighted by molar-refractivity contribution is -0.0400. The van der Waals surface area contributed by atoms with Crippen molar-refractivity contribution in [3.05, 3.63) is 23.1 Å². The van der Waals surface area contributed by atoms with Crippen molar-refractivity contribution in [2.45, 2.75) is 65.6 Å². The molecule has 4 heterocycles. The molecule has 0 aromatic carbocycles. The van der Waals surface area contributed by atoms with Gasteiger partial charge in [-0.05, 0) is 32.8 Å². The molecule has 26 heavy (non-hydrogen) atoms. The smallest absolute Gasteiger partial charge is 0.229 e. The molecule has 0 amide bonds. The number of nitrogens with zero attached hydrogens (tertiary/aromatic N) is 3. The molecule has 0 unspecified atom stereocenters. The van der Waals surface area contributed by atoms with Crippen molar-refractivity contribution in [1.29, 1.82) is 0 Å². The summed E-state index contributed by atoms with van der Waals surface area (Å²) < 4.78 is 12.1. The Morgan fingerprint density at radius 1 is 1.19 bits per heavy atom. The fourth-order valence-corrected chi connectivity index (χ4v) is 3.68. The third kappa shape index (κ3) is 2.92. The highest BCUT2D eigenvalue weighted by molar-refractivity contribution is 6.06. The van der Waals surface area contributed by atoms with Gasteiger partial charge in [0.2, 0.25) is 5.71 Å². The molecule has 6 heteroatoms. The number of anilines is 1. The first-order chi connectivity index (χ1) is 12.5. The molecule has 6 nitrogen and oxygen atoms in total. The molecule has 0 fully saturated rings. The minimum absolute atomic E-state index is 0.203. The molecule has 138 valence electrons.